The van der Waals surface area contributed by atoms with E-state index in [9.17, 15) is 4.79 Å². The summed E-state index contributed by atoms with van der Waals surface area (Å²) >= 11 is 9.29. The molecule has 0 atom stereocenters. The number of nitrogens with one attached hydrogen (secondary N) is 1. The third kappa shape index (κ3) is 4.13. The van der Waals surface area contributed by atoms with Crippen molar-refractivity contribution in [2.24, 2.45) is 5.10 Å². The molecular weight excluding hydrogens is 392 g/mol. The minimum Gasteiger partial charge on any atom is -0.455 e. The molecule has 2 aromatic carbocycles. The van der Waals surface area contributed by atoms with Crippen LogP contribution in [0.4, 0.5) is 0 Å². The molecular formula is C18H12BrClN2O2. The predicted octanol–water partition coefficient (Wildman–Crippen LogP) is 5.13. The SMILES string of the molecule is O=C(NN=Cc1ccc(-c2cccc(Cl)c2)o1)c1ccc(Br)cc1. The van der Waals surface area contributed by atoms with Crippen molar-refractivity contribution >= 4 is 39.7 Å². The average molecular weight is 404 g/mol. The fraction of sp³-hybridized carbons (Fsp3) is 0. The van der Waals surface area contributed by atoms with Gasteiger partial charge in [0.1, 0.15) is 11.5 Å². The van der Waals surface area contributed by atoms with Gasteiger partial charge in [0, 0.05) is 20.6 Å². The van der Waals surface area contributed by atoms with E-state index in [2.05, 4.69) is 26.5 Å². The summed E-state index contributed by atoms with van der Waals surface area (Å²) in [7, 11) is 0. The Morgan fingerprint density at radius 2 is 1.92 bits per heavy atom. The minimum atomic E-state index is -0.291. The van der Waals surface area contributed by atoms with E-state index < -0.39 is 0 Å². The molecule has 1 aromatic heterocycles. The lowest BCUT2D eigenvalue weighted by Crippen LogP contribution is -2.17. The Labute approximate surface area is 152 Å². The quantitative estimate of drug-likeness (QED) is 0.485. The van der Waals surface area contributed by atoms with Gasteiger partial charge in [0.25, 0.3) is 5.91 Å². The molecule has 24 heavy (non-hydrogen) atoms. The first-order valence-electron chi connectivity index (χ1n) is 7.06. The van der Waals surface area contributed by atoms with E-state index in [0.717, 1.165) is 10.0 Å². The number of hydrogen-bond donors (Lipinski definition) is 1. The van der Waals surface area contributed by atoms with Crippen molar-refractivity contribution in [1.82, 2.24) is 5.43 Å². The molecule has 0 unspecified atom stereocenters. The van der Waals surface area contributed by atoms with Crippen molar-refractivity contribution in [3.05, 3.63) is 81.5 Å². The van der Waals surface area contributed by atoms with Crippen LogP contribution in [-0.4, -0.2) is 12.1 Å². The van der Waals surface area contributed by atoms with Crippen LogP contribution in [-0.2, 0) is 0 Å². The Morgan fingerprint density at radius 3 is 2.67 bits per heavy atom. The molecule has 0 aliphatic heterocycles. The Kier molecular flexibility index (Phi) is 5.13. The van der Waals surface area contributed by atoms with E-state index in [4.69, 9.17) is 16.0 Å². The maximum Gasteiger partial charge on any atom is 0.271 e. The minimum absolute atomic E-state index is 0.291. The van der Waals surface area contributed by atoms with Crippen LogP contribution in [0, 0.1) is 0 Å². The van der Waals surface area contributed by atoms with E-state index in [1.54, 1.807) is 36.4 Å². The van der Waals surface area contributed by atoms with E-state index in [1.165, 1.54) is 6.21 Å². The Hall–Kier alpha value is -2.37. The lowest BCUT2D eigenvalue weighted by atomic mass is 10.2. The molecule has 0 radical (unpaired) electrons. The zero-order valence-corrected chi connectivity index (χ0v) is 14.7. The normalized spacial score (nSPS) is 10.9. The fourth-order valence-electron chi connectivity index (χ4n) is 2.04. The molecule has 3 rings (SSSR count). The van der Waals surface area contributed by atoms with Crippen LogP contribution in [0.3, 0.4) is 0 Å². The van der Waals surface area contributed by atoms with Gasteiger partial charge in [-0.05, 0) is 48.5 Å². The molecule has 1 amide bonds. The summed E-state index contributed by atoms with van der Waals surface area (Å²) < 4.78 is 6.57. The molecule has 0 saturated heterocycles. The van der Waals surface area contributed by atoms with Crippen molar-refractivity contribution in [2.45, 2.75) is 0 Å². The molecule has 0 aliphatic rings. The maximum atomic E-state index is 11.9. The first kappa shape index (κ1) is 16.5. The van der Waals surface area contributed by atoms with Gasteiger partial charge in [-0.15, -0.1) is 0 Å². The fourth-order valence-corrected chi connectivity index (χ4v) is 2.49. The highest BCUT2D eigenvalue weighted by atomic mass is 79.9. The molecule has 120 valence electrons. The number of hydrogen-bond acceptors (Lipinski definition) is 3. The number of carbonyl (C=O) groups excluding carboxylic acids is 1. The standard InChI is InChI=1S/C18H12BrClN2O2/c19-14-6-4-12(5-7-14)18(23)22-21-11-16-8-9-17(24-16)13-2-1-3-15(20)10-13/h1-11H,(H,22,23). The molecule has 3 aromatic rings. The average Bonchev–Trinajstić information content (AvgIpc) is 3.04. The van der Waals surface area contributed by atoms with E-state index >= 15 is 0 Å². The van der Waals surface area contributed by atoms with Crippen molar-refractivity contribution < 1.29 is 9.21 Å². The molecule has 0 saturated carbocycles. The summed E-state index contributed by atoms with van der Waals surface area (Å²) in [5.41, 5.74) is 3.86. The van der Waals surface area contributed by atoms with Crippen LogP contribution in [0.2, 0.25) is 5.02 Å². The van der Waals surface area contributed by atoms with E-state index in [1.807, 2.05) is 24.3 Å². The lowest BCUT2D eigenvalue weighted by molar-refractivity contribution is 0.0955. The highest BCUT2D eigenvalue weighted by Gasteiger charge is 2.05. The molecule has 0 spiro atoms. The summed E-state index contributed by atoms with van der Waals surface area (Å²) in [5.74, 6) is 0.916. The third-order valence-electron chi connectivity index (χ3n) is 3.20. The third-order valence-corrected chi connectivity index (χ3v) is 3.96. The van der Waals surface area contributed by atoms with E-state index in [0.29, 0.717) is 22.1 Å². The first-order chi connectivity index (χ1) is 11.6. The molecule has 4 nitrogen and oxygen atoms in total. The van der Waals surface area contributed by atoms with Crippen LogP contribution in [0.1, 0.15) is 16.1 Å². The summed E-state index contributed by atoms with van der Waals surface area (Å²) in [4.78, 5) is 11.9. The monoisotopic (exact) mass is 402 g/mol. The second-order valence-corrected chi connectivity index (χ2v) is 6.27. The van der Waals surface area contributed by atoms with Crippen molar-refractivity contribution in [3.8, 4) is 11.3 Å². The Balaban J connectivity index is 1.65. The number of hydrazone groups is 1. The van der Waals surface area contributed by atoms with Crippen molar-refractivity contribution in [1.29, 1.82) is 0 Å². The van der Waals surface area contributed by atoms with Crippen LogP contribution >= 0.6 is 27.5 Å². The summed E-state index contributed by atoms with van der Waals surface area (Å²) in [6, 6.07) is 18.0. The lowest BCUT2D eigenvalue weighted by Gasteiger charge is -1.99. The topological polar surface area (TPSA) is 54.6 Å². The van der Waals surface area contributed by atoms with Gasteiger partial charge in [0.05, 0.1) is 6.21 Å². The highest BCUT2D eigenvalue weighted by molar-refractivity contribution is 9.10. The zero-order valence-electron chi connectivity index (χ0n) is 12.4. The van der Waals surface area contributed by atoms with Crippen LogP contribution in [0.15, 0.2) is 74.7 Å². The van der Waals surface area contributed by atoms with E-state index in [-0.39, 0.29) is 5.91 Å². The number of rotatable bonds is 4. The Morgan fingerprint density at radius 1 is 1.12 bits per heavy atom. The van der Waals surface area contributed by atoms with Gasteiger partial charge in [-0.1, -0.05) is 39.7 Å². The number of nitrogens with zero attached hydrogens (tertiary/aromatic N) is 1. The number of furan rings is 1. The van der Waals surface area contributed by atoms with Gasteiger partial charge in [-0.25, -0.2) is 5.43 Å². The van der Waals surface area contributed by atoms with Crippen molar-refractivity contribution in [2.75, 3.05) is 0 Å². The summed E-state index contributed by atoms with van der Waals surface area (Å²) in [6.45, 7) is 0. The molecule has 6 heteroatoms. The second-order valence-electron chi connectivity index (χ2n) is 4.92. The van der Waals surface area contributed by atoms with Gasteiger partial charge in [-0.3, -0.25) is 4.79 Å². The molecule has 1 N–H and O–H groups in total. The number of halogens is 2. The molecule has 1 heterocycles. The van der Waals surface area contributed by atoms with Crippen LogP contribution in [0.25, 0.3) is 11.3 Å². The first-order valence-corrected chi connectivity index (χ1v) is 8.24. The molecule has 0 aliphatic carbocycles. The molecule has 0 bridgehead atoms. The maximum absolute atomic E-state index is 11.9. The van der Waals surface area contributed by atoms with Gasteiger partial charge in [-0.2, -0.15) is 5.10 Å². The predicted molar refractivity (Wildman–Crippen MR) is 98.4 cm³/mol. The van der Waals surface area contributed by atoms with Gasteiger partial charge < -0.3 is 4.42 Å². The number of benzene rings is 2. The summed E-state index contributed by atoms with van der Waals surface area (Å²) in [5, 5.41) is 4.55. The largest absolute Gasteiger partial charge is 0.455 e. The molecule has 0 fully saturated rings. The number of carbonyl (C=O) groups is 1. The summed E-state index contributed by atoms with van der Waals surface area (Å²) in [6.07, 6.45) is 1.45. The smallest absolute Gasteiger partial charge is 0.271 e. The van der Waals surface area contributed by atoms with Gasteiger partial charge >= 0.3 is 0 Å². The van der Waals surface area contributed by atoms with Gasteiger partial charge in [0.2, 0.25) is 0 Å². The highest BCUT2D eigenvalue weighted by Crippen LogP contribution is 2.24. The van der Waals surface area contributed by atoms with Crippen LogP contribution in [0.5, 0.6) is 0 Å². The zero-order chi connectivity index (χ0) is 16.9. The second kappa shape index (κ2) is 7.47. The van der Waals surface area contributed by atoms with Crippen molar-refractivity contribution in [3.63, 3.8) is 0 Å². The Bertz CT molecular complexity index is 888. The number of amides is 1. The van der Waals surface area contributed by atoms with Gasteiger partial charge in [0.15, 0.2) is 0 Å². The van der Waals surface area contributed by atoms with Crippen LogP contribution < -0.4 is 5.43 Å².